The molecule has 0 saturated carbocycles. The van der Waals surface area contributed by atoms with Gasteiger partial charge in [-0.2, -0.15) is 0 Å². The fraction of sp³-hybridized carbons (Fsp3) is 0.300. The van der Waals surface area contributed by atoms with Crippen molar-refractivity contribution in [2.24, 2.45) is 0 Å². The number of cyclic esters (lactones) is 1. The van der Waals surface area contributed by atoms with Crippen LogP contribution in [0.5, 0.6) is 5.75 Å². The van der Waals surface area contributed by atoms with Gasteiger partial charge in [0, 0.05) is 10.0 Å². The monoisotopic (exact) mass is 307 g/mol. The molecule has 0 bridgehead atoms. The zero-order chi connectivity index (χ0) is 12.6. The van der Waals surface area contributed by atoms with E-state index in [0.29, 0.717) is 4.47 Å². The first-order valence-electron chi connectivity index (χ1n) is 4.70. The van der Waals surface area contributed by atoms with Gasteiger partial charge in [-0.05, 0) is 12.1 Å². The predicted octanol–water partition coefficient (Wildman–Crippen LogP) is 2.57. The number of rotatable bonds is 1. The van der Waals surface area contributed by atoms with Gasteiger partial charge in [0.25, 0.3) is 0 Å². The molecule has 17 heavy (non-hydrogen) atoms. The van der Waals surface area contributed by atoms with Crippen LogP contribution in [0.25, 0.3) is 0 Å². The molecular formula is C10H8BrF2NO3. The first-order valence-corrected chi connectivity index (χ1v) is 5.49. The minimum absolute atomic E-state index is 0.0464. The van der Waals surface area contributed by atoms with Gasteiger partial charge in [-0.1, -0.05) is 22.0 Å². The number of hydrogen-bond acceptors (Lipinski definition) is 3. The lowest BCUT2D eigenvalue weighted by Crippen LogP contribution is -2.49. The summed E-state index contributed by atoms with van der Waals surface area (Å²) >= 11 is 3.10. The number of phenols is 1. The SMILES string of the molecule is O=C1N[C@H](c2ccc(Br)cc2O)C(F)(F)CO1. The highest BCUT2D eigenvalue weighted by Crippen LogP contribution is 2.38. The molecule has 1 atom stereocenters. The van der Waals surface area contributed by atoms with Gasteiger partial charge in [0.2, 0.25) is 0 Å². The van der Waals surface area contributed by atoms with Crippen LogP contribution in [0.3, 0.4) is 0 Å². The molecule has 1 amide bonds. The number of phenolic OH excluding ortho intramolecular Hbond substituents is 1. The highest BCUT2D eigenvalue weighted by molar-refractivity contribution is 9.10. The number of carbonyl (C=O) groups excluding carboxylic acids is 1. The van der Waals surface area contributed by atoms with Crippen LogP contribution in [-0.4, -0.2) is 23.7 Å². The predicted molar refractivity (Wildman–Crippen MR) is 58.0 cm³/mol. The molecule has 1 aliphatic rings. The summed E-state index contributed by atoms with van der Waals surface area (Å²) in [5.41, 5.74) is -0.0464. The molecule has 1 aromatic carbocycles. The number of benzene rings is 1. The quantitative estimate of drug-likeness (QED) is 0.838. The third-order valence-electron chi connectivity index (χ3n) is 2.38. The zero-order valence-electron chi connectivity index (χ0n) is 8.41. The van der Waals surface area contributed by atoms with Crippen molar-refractivity contribution in [3.63, 3.8) is 0 Å². The Morgan fingerprint density at radius 2 is 2.24 bits per heavy atom. The maximum Gasteiger partial charge on any atom is 0.408 e. The van der Waals surface area contributed by atoms with E-state index >= 15 is 0 Å². The lowest BCUT2D eigenvalue weighted by atomic mass is 9.99. The van der Waals surface area contributed by atoms with E-state index < -0.39 is 24.7 Å². The summed E-state index contributed by atoms with van der Waals surface area (Å²) in [4.78, 5) is 11.0. The molecule has 4 nitrogen and oxygen atoms in total. The van der Waals surface area contributed by atoms with Gasteiger partial charge in [-0.3, -0.25) is 0 Å². The van der Waals surface area contributed by atoms with Crippen molar-refractivity contribution < 1.29 is 23.4 Å². The highest BCUT2D eigenvalue weighted by atomic mass is 79.9. The van der Waals surface area contributed by atoms with Crippen LogP contribution in [0.4, 0.5) is 13.6 Å². The number of ether oxygens (including phenoxy) is 1. The van der Waals surface area contributed by atoms with Gasteiger partial charge in [-0.25, -0.2) is 13.6 Å². The molecule has 0 unspecified atom stereocenters. The normalized spacial score (nSPS) is 22.8. The van der Waals surface area contributed by atoms with Crippen LogP contribution in [0.15, 0.2) is 22.7 Å². The van der Waals surface area contributed by atoms with E-state index in [1.807, 2.05) is 5.32 Å². The molecule has 0 spiro atoms. The number of halogens is 3. The van der Waals surface area contributed by atoms with E-state index in [0.717, 1.165) is 0 Å². The number of carbonyl (C=O) groups is 1. The smallest absolute Gasteiger partial charge is 0.408 e. The van der Waals surface area contributed by atoms with Crippen LogP contribution < -0.4 is 5.32 Å². The molecule has 0 aromatic heterocycles. The summed E-state index contributed by atoms with van der Waals surface area (Å²) in [6, 6.07) is 2.53. The topological polar surface area (TPSA) is 58.6 Å². The fourth-order valence-electron chi connectivity index (χ4n) is 1.58. The molecule has 1 saturated heterocycles. The van der Waals surface area contributed by atoms with Crippen molar-refractivity contribution >= 4 is 22.0 Å². The van der Waals surface area contributed by atoms with Crippen molar-refractivity contribution in [1.29, 1.82) is 0 Å². The maximum atomic E-state index is 13.5. The lowest BCUT2D eigenvalue weighted by Gasteiger charge is -2.32. The van der Waals surface area contributed by atoms with Gasteiger partial charge in [0.1, 0.15) is 11.8 Å². The molecule has 1 aliphatic heterocycles. The molecule has 1 heterocycles. The van der Waals surface area contributed by atoms with Crippen LogP contribution in [-0.2, 0) is 4.74 Å². The van der Waals surface area contributed by atoms with Crippen LogP contribution in [0, 0.1) is 0 Å². The Labute approximate surface area is 104 Å². The van der Waals surface area contributed by atoms with Gasteiger partial charge in [0.05, 0.1) is 0 Å². The number of aromatic hydroxyl groups is 1. The largest absolute Gasteiger partial charge is 0.508 e. The van der Waals surface area contributed by atoms with Crippen molar-refractivity contribution in [1.82, 2.24) is 5.32 Å². The Bertz CT molecular complexity index is 467. The van der Waals surface area contributed by atoms with Crippen molar-refractivity contribution in [3.05, 3.63) is 28.2 Å². The van der Waals surface area contributed by atoms with Gasteiger partial charge in [-0.15, -0.1) is 0 Å². The Hall–Kier alpha value is -1.37. The molecule has 0 aliphatic carbocycles. The Kier molecular flexibility index (Phi) is 2.94. The first kappa shape index (κ1) is 12.1. The highest BCUT2D eigenvalue weighted by Gasteiger charge is 2.47. The second kappa shape index (κ2) is 4.14. The number of nitrogens with one attached hydrogen (secondary N) is 1. The van der Waals surface area contributed by atoms with Crippen LogP contribution in [0.2, 0.25) is 0 Å². The summed E-state index contributed by atoms with van der Waals surface area (Å²) < 4.78 is 31.9. The minimum atomic E-state index is -3.26. The van der Waals surface area contributed by atoms with Gasteiger partial charge in [0.15, 0.2) is 6.61 Å². The van der Waals surface area contributed by atoms with E-state index in [1.165, 1.54) is 18.2 Å². The third kappa shape index (κ3) is 2.33. The minimum Gasteiger partial charge on any atom is -0.508 e. The second-order valence-electron chi connectivity index (χ2n) is 3.62. The molecule has 1 fully saturated rings. The summed E-state index contributed by atoms with van der Waals surface area (Å²) in [7, 11) is 0. The second-order valence-corrected chi connectivity index (χ2v) is 4.53. The zero-order valence-corrected chi connectivity index (χ0v) is 10.0. The van der Waals surface area contributed by atoms with Crippen molar-refractivity contribution in [2.45, 2.75) is 12.0 Å². The van der Waals surface area contributed by atoms with Crippen LogP contribution in [0.1, 0.15) is 11.6 Å². The Morgan fingerprint density at radius 3 is 2.88 bits per heavy atom. The summed E-state index contributed by atoms with van der Waals surface area (Å²) in [6.07, 6.45) is -0.928. The molecule has 1 aromatic rings. The molecule has 7 heteroatoms. The maximum absolute atomic E-state index is 13.5. The average Bonchev–Trinajstić information content (AvgIpc) is 2.23. The molecule has 2 N–H and O–H groups in total. The summed E-state index contributed by atoms with van der Waals surface area (Å²) in [5, 5.41) is 11.6. The molecule has 2 rings (SSSR count). The first-order chi connectivity index (χ1) is 7.90. The number of alkyl halides is 2. The van der Waals surface area contributed by atoms with E-state index in [2.05, 4.69) is 20.7 Å². The van der Waals surface area contributed by atoms with Crippen LogP contribution >= 0.6 is 15.9 Å². The number of hydrogen-bond donors (Lipinski definition) is 2. The van der Waals surface area contributed by atoms with E-state index in [1.54, 1.807) is 0 Å². The van der Waals surface area contributed by atoms with E-state index in [-0.39, 0.29) is 11.3 Å². The van der Waals surface area contributed by atoms with Gasteiger partial charge < -0.3 is 15.2 Å². The number of alkyl carbamates (subject to hydrolysis) is 1. The standard InChI is InChI=1S/C10H8BrF2NO3/c11-5-1-2-6(7(15)3-5)8-10(12,13)4-17-9(16)14-8/h1-3,8,15H,4H2,(H,14,16)/t8-/m1/s1. The lowest BCUT2D eigenvalue weighted by molar-refractivity contribution is -0.104. The van der Waals surface area contributed by atoms with Gasteiger partial charge >= 0.3 is 12.0 Å². The Balaban J connectivity index is 2.39. The molecular weight excluding hydrogens is 300 g/mol. The molecule has 0 radical (unpaired) electrons. The summed E-state index contributed by atoms with van der Waals surface area (Å²) in [6.45, 7) is -1.00. The third-order valence-corrected chi connectivity index (χ3v) is 2.88. The van der Waals surface area contributed by atoms with E-state index in [9.17, 15) is 18.7 Å². The fourth-order valence-corrected chi connectivity index (χ4v) is 1.93. The van der Waals surface area contributed by atoms with Crippen molar-refractivity contribution in [3.8, 4) is 5.75 Å². The number of amides is 1. The average molecular weight is 308 g/mol. The molecule has 92 valence electrons. The van der Waals surface area contributed by atoms with E-state index in [4.69, 9.17) is 0 Å². The van der Waals surface area contributed by atoms with Crippen molar-refractivity contribution in [2.75, 3.05) is 6.61 Å². The summed E-state index contributed by atoms with van der Waals surface area (Å²) in [5.74, 6) is -3.58. The Morgan fingerprint density at radius 1 is 1.53 bits per heavy atom.